The lowest BCUT2D eigenvalue weighted by Crippen LogP contribution is -2.30. The van der Waals surface area contributed by atoms with Gasteiger partial charge in [-0.15, -0.1) is 0 Å². The van der Waals surface area contributed by atoms with Crippen LogP contribution < -0.4 is 14.8 Å². The van der Waals surface area contributed by atoms with E-state index in [9.17, 15) is 4.79 Å². The van der Waals surface area contributed by atoms with Gasteiger partial charge in [-0.3, -0.25) is 0 Å². The first-order chi connectivity index (χ1) is 17.8. The van der Waals surface area contributed by atoms with Gasteiger partial charge in [-0.25, -0.2) is 4.79 Å². The van der Waals surface area contributed by atoms with Crippen molar-refractivity contribution in [3.8, 4) is 11.5 Å². The van der Waals surface area contributed by atoms with Crippen LogP contribution in [-0.4, -0.2) is 20.2 Å². The van der Waals surface area contributed by atoms with E-state index in [0.29, 0.717) is 33.0 Å². The predicted octanol–water partition coefficient (Wildman–Crippen LogP) is 8.27. The molecule has 3 aromatic carbocycles. The normalized spacial score (nSPS) is 19.6. The van der Waals surface area contributed by atoms with Crippen molar-refractivity contribution in [3.05, 3.63) is 97.0 Å². The smallest absolute Gasteiger partial charge is 0.338 e. The maximum absolute atomic E-state index is 12.4. The Bertz CT molecular complexity index is 1410. The number of carbonyl (C=O) groups excluding carboxylic acids is 1. The Balaban J connectivity index is 1.49. The van der Waals surface area contributed by atoms with E-state index in [1.165, 1.54) is 12.7 Å². The molecule has 0 amide bonds. The standard InChI is InChI=1S/C29H26BrCl2NO4/c1-15-19(29(34)36-3)9-10-22-20-5-4-6-21(20)27(33-26(15)22)17-11-23(30)28(25(12-17)35-2)37-14-16-7-8-18(31)13-24(16)32/h4-5,7-13,20-21,27,33H,6,14H2,1-3H3/t20-,21-,27-/m1/s1. The largest absolute Gasteiger partial charge is 0.493 e. The van der Waals surface area contributed by atoms with Crippen LogP contribution in [0.4, 0.5) is 5.69 Å². The number of halogens is 3. The molecule has 1 aliphatic carbocycles. The van der Waals surface area contributed by atoms with Crippen LogP contribution in [0, 0.1) is 12.8 Å². The van der Waals surface area contributed by atoms with Gasteiger partial charge in [0.15, 0.2) is 11.5 Å². The van der Waals surface area contributed by atoms with Crippen LogP contribution in [0.2, 0.25) is 10.0 Å². The van der Waals surface area contributed by atoms with Crippen molar-refractivity contribution in [2.24, 2.45) is 5.92 Å². The second-order valence-electron chi connectivity index (χ2n) is 9.23. The number of esters is 1. The number of carbonyl (C=O) groups is 1. The van der Waals surface area contributed by atoms with Gasteiger partial charge in [-0.2, -0.15) is 0 Å². The number of hydrogen-bond acceptors (Lipinski definition) is 5. The average Bonchev–Trinajstić information content (AvgIpc) is 3.38. The summed E-state index contributed by atoms with van der Waals surface area (Å²) in [5.74, 6) is 1.45. The fraction of sp³-hybridized carbons (Fsp3) is 0.276. The van der Waals surface area contributed by atoms with E-state index in [2.05, 4.69) is 39.5 Å². The minimum atomic E-state index is -0.338. The minimum absolute atomic E-state index is 0.00376. The number of rotatable bonds is 6. The summed E-state index contributed by atoms with van der Waals surface area (Å²) in [7, 11) is 3.03. The third kappa shape index (κ3) is 4.83. The average molecular weight is 603 g/mol. The summed E-state index contributed by atoms with van der Waals surface area (Å²) in [6.07, 6.45) is 5.46. The topological polar surface area (TPSA) is 56.8 Å². The Morgan fingerprint density at radius 2 is 1.95 bits per heavy atom. The predicted molar refractivity (Wildman–Crippen MR) is 150 cm³/mol. The molecule has 1 heterocycles. The summed E-state index contributed by atoms with van der Waals surface area (Å²) < 4.78 is 17.7. The lowest BCUT2D eigenvalue weighted by atomic mass is 9.76. The van der Waals surface area contributed by atoms with E-state index >= 15 is 0 Å². The Morgan fingerprint density at radius 3 is 2.68 bits per heavy atom. The van der Waals surface area contributed by atoms with Gasteiger partial charge < -0.3 is 19.5 Å². The highest BCUT2D eigenvalue weighted by Gasteiger charge is 2.39. The fourth-order valence-electron chi connectivity index (χ4n) is 5.32. The second-order valence-corrected chi connectivity index (χ2v) is 10.9. The van der Waals surface area contributed by atoms with Crippen molar-refractivity contribution >= 4 is 50.8 Å². The molecule has 3 aromatic rings. The van der Waals surface area contributed by atoms with E-state index in [4.69, 9.17) is 37.4 Å². The van der Waals surface area contributed by atoms with Crippen molar-refractivity contribution in [3.63, 3.8) is 0 Å². The molecule has 0 bridgehead atoms. The van der Waals surface area contributed by atoms with Crippen LogP contribution in [0.25, 0.3) is 0 Å². The summed E-state index contributed by atoms with van der Waals surface area (Å²) in [4.78, 5) is 12.4. The van der Waals surface area contributed by atoms with E-state index in [1.54, 1.807) is 19.2 Å². The first-order valence-electron chi connectivity index (χ1n) is 11.9. The molecule has 0 saturated heterocycles. The summed E-state index contributed by atoms with van der Waals surface area (Å²) in [6, 6.07) is 13.3. The van der Waals surface area contributed by atoms with Crippen molar-refractivity contribution < 1.29 is 19.0 Å². The van der Waals surface area contributed by atoms with E-state index in [0.717, 1.165) is 33.3 Å². The van der Waals surface area contributed by atoms with E-state index < -0.39 is 0 Å². The quantitative estimate of drug-likeness (QED) is 0.227. The molecule has 1 aliphatic heterocycles. The highest BCUT2D eigenvalue weighted by atomic mass is 79.9. The number of ether oxygens (including phenoxy) is 3. The maximum Gasteiger partial charge on any atom is 0.338 e. The van der Waals surface area contributed by atoms with Crippen LogP contribution in [-0.2, 0) is 11.3 Å². The zero-order valence-corrected chi connectivity index (χ0v) is 23.7. The molecule has 0 fully saturated rings. The van der Waals surface area contributed by atoms with Crippen LogP contribution in [0.3, 0.4) is 0 Å². The minimum Gasteiger partial charge on any atom is -0.493 e. The number of hydrogen-bond donors (Lipinski definition) is 1. The number of allylic oxidation sites excluding steroid dienone is 2. The van der Waals surface area contributed by atoms with Crippen LogP contribution >= 0.6 is 39.1 Å². The number of nitrogens with one attached hydrogen (secondary N) is 1. The second kappa shape index (κ2) is 10.6. The van der Waals surface area contributed by atoms with Gasteiger partial charge in [0, 0.05) is 27.2 Å². The van der Waals surface area contributed by atoms with Gasteiger partial charge in [-0.05, 0) is 82.2 Å². The molecule has 5 nitrogen and oxygen atoms in total. The molecule has 0 unspecified atom stereocenters. The van der Waals surface area contributed by atoms with Gasteiger partial charge >= 0.3 is 5.97 Å². The SMILES string of the molecule is COC(=O)c1ccc2c(c1C)N[C@H](c1cc(Br)c(OCc3ccc(Cl)cc3Cl)c(OC)c1)[C@@H]1CC=C[C@@H]21. The third-order valence-electron chi connectivity index (χ3n) is 7.20. The Hall–Kier alpha value is -2.67. The molecule has 1 N–H and O–H groups in total. The Morgan fingerprint density at radius 1 is 1.14 bits per heavy atom. The van der Waals surface area contributed by atoms with Gasteiger partial charge in [0.2, 0.25) is 0 Å². The number of methoxy groups -OCH3 is 2. The van der Waals surface area contributed by atoms with Crippen LogP contribution in [0.15, 0.2) is 59.1 Å². The molecule has 3 atom stereocenters. The first kappa shape index (κ1) is 26.0. The number of anilines is 1. The van der Waals surface area contributed by atoms with Gasteiger partial charge in [0.25, 0.3) is 0 Å². The van der Waals surface area contributed by atoms with Gasteiger partial charge in [0.05, 0.1) is 30.3 Å². The van der Waals surface area contributed by atoms with Crippen molar-refractivity contribution in [1.82, 2.24) is 0 Å². The van der Waals surface area contributed by atoms with Crippen molar-refractivity contribution in [2.45, 2.75) is 31.9 Å². The maximum atomic E-state index is 12.4. The number of benzene rings is 3. The highest BCUT2D eigenvalue weighted by Crippen LogP contribution is 2.52. The first-order valence-corrected chi connectivity index (χ1v) is 13.5. The molecule has 8 heteroatoms. The summed E-state index contributed by atoms with van der Waals surface area (Å²) in [5, 5.41) is 4.87. The summed E-state index contributed by atoms with van der Waals surface area (Å²) in [5.41, 5.74) is 5.52. The zero-order chi connectivity index (χ0) is 26.3. The molecule has 5 rings (SSSR count). The lowest BCUT2D eigenvalue weighted by Gasteiger charge is -2.39. The Labute approximate surface area is 234 Å². The van der Waals surface area contributed by atoms with Crippen molar-refractivity contribution in [1.29, 1.82) is 0 Å². The molecule has 2 aliphatic rings. The van der Waals surface area contributed by atoms with E-state index in [1.807, 2.05) is 31.2 Å². The monoisotopic (exact) mass is 601 g/mol. The van der Waals surface area contributed by atoms with Gasteiger partial charge in [-0.1, -0.05) is 47.5 Å². The fourth-order valence-corrected chi connectivity index (χ4v) is 6.36. The molecule has 0 spiro atoms. The molecular weight excluding hydrogens is 577 g/mol. The molecule has 192 valence electrons. The lowest BCUT2D eigenvalue weighted by molar-refractivity contribution is 0.0600. The molecule has 37 heavy (non-hydrogen) atoms. The highest BCUT2D eigenvalue weighted by molar-refractivity contribution is 9.10. The molecule has 0 saturated carbocycles. The third-order valence-corrected chi connectivity index (χ3v) is 8.38. The van der Waals surface area contributed by atoms with Crippen LogP contribution in [0.5, 0.6) is 11.5 Å². The van der Waals surface area contributed by atoms with Crippen LogP contribution in [0.1, 0.15) is 51.0 Å². The molecule has 0 aromatic heterocycles. The molecular formula is C29H26BrCl2NO4. The number of fused-ring (bicyclic) bond motifs is 3. The zero-order valence-electron chi connectivity index (χ0n) is 20.6. The van der Waals surface area contributed by atoms with E-state index in [-0.39, 0.29) is 24.5 Å². The Kier molecular flexibility index (Phi) is 7.44. The summed E-state index contributed by atoms with van der Waals surface area (Å²) >= 11 is 16.1. The van der Waals surface area contributed by atoms with Gasteiger partial charge in [0.1, 0.15) is 6.61 Å². The molecule has 0 radical (unpaired) electrons. The summed E-state index contributed by atoms with van der Waals surface area (Å²) in [6.45, 7) is 2.23. The van der Waals surface area contributed by atoms with Crippen molar-refractivity contribution in [2.75, 3.05) is 19.5 Å².